The average molecular weight is 337 g/mol. The van der Waals surface area contributed by atoms with E-state index in [1.165, 1.54) is 4.46 Å². The first-order valence-electron chi connectivity index (χ1n) is 6.40. The summed E-state index contributed by atoms with van der Waals surface area (Å²) >= 11 is 0.282. The Morgan fingerprint density at radius 1 is 1.00 bits per heavy atom. The molecule has 20 heavy (non-hydrogen) atoms. The van der Waals surface area contributed by atoms with E-state index in [9.17, 15) is 5.11 Å². The van der Waals surface area contributed by atoms with Gasteiger partial charge in [0, 0.05) is 0 Å². The quantitative estimate of drug-likeness (QED) is 0.784. The number of aliphatic hydroxyl groups excluding tert-OH is 1. The minimum atomic E-state index is -0.433. The van der Waals surface area contributed by atoms with Gasteiger partial charge in [0.1, 0.15) is 0 Å². The van der Waals surface area contributed by atoms with Crippen molar-refractivity contribution in [2.75, 3.05) is 13.7 Å². The third-order valence-corrected chi connectivity index (χ3v) is 5.11. The molecule has 0 spiro atoms. The first-order chi connectivity index (χ1) is 9.78. The summed E-state index contributed by atoms with van der Waals surface area (Å²) in [7, 11) is 1.63. The first-order valence-corrected chi connectivity index (χ1v) is 8.47. The number of hydrogen-bond acceptors (Lipinski definition) is 3. The van der Waals surface area contributed by atoms with Gasteiger partial charge < -0.3 is 0 Å². The molecule has 0 aliphatic heterocycles. The average Bonchev–Trinajstić information content (AvgIpc) is 2.52. The third-order valence-electron chi connectivity index (χ3n) is 2.69. The van der Waals surface area contributed by atoms with Crippen LogP contribution in [0.2, 0.25) is 5.32 Å². The topological polar surface area (TPSA) is 38.7 Å². The van der Waals surface area contributed by atoms with E-state index >= 15 is 0 Å². The van der Waals surface area contributed by atoms with Crippen molar-refractivity contribution in [1.82, 2.24) is 0 Å². The molecule has 2 aromatic carbocycles. The van der Waals surface area contributed by atoms with Gasteiger partial charge >= 0.3 is 125 Å². The summed E-state index contributed by atoms with van der Waals surface area (Å²) in [6, 6.07) is 17.6. The molecule has 2 rings (SSSR count). The second kappa shape index (κ2) is 7.95. The van der Waals surface area contributed by atoms with Crippen LogP contribution in [0.5, 0.6) is 11.5 Å². The molecule has 0 radical (unpaired) electrons. The molecule has 0 aliphatic rings. The van der Waals surface area contributed by atoms with Crippen LogP contribution in [0, 0.1) is 0 Å². The van der Waals surface area contributed by atoms with E-state index in [0.29, 0.717) is 6.61 Å². The van der Waals surface area contributed by atoms with Crippen molar-refractivity contribution in [2.24, 2.45) is 0 Å². The number of benzene rings is 2. The Kier molecular flexibility index (Phi) is 5.93. The molecule has 0 amide bonds. The van der Waals surface area contributed by atoms with Crippen molar-refractivity contribution >= 4 is 19.4 Å². The standard InChI is InChI=1S/C16H18O3Se/c1-18-14-7-9-15(10-8-14)19-11-13(17)12-20-16-5-3-2-4-6-16/h2-10,13,17H,11-12H2,1H3. The molecule has 0 bridgehead atoms. The van der Waals surface area contributed by atoms with Crippen LogP contribution >= 0.6 is 0 Å². The number of rotatable bonds is 7. The second-order valence-electron chi connectivity index (χ2n) is 4.26. The zero-order chi connectivity index (χ0) is 14.2. The van der Waals surface area contributed by atoms with Gasteiger partial charge in [-0.25, -0.2) is 0 Å². The fourth-order valence-electron chi connectivity index (χ4n) is 1.62. The van der Waals surface area contributed by atoms with E-state index in [1.807, 2.05) is 42.5 Å². The normalized spacial score (nSPS) is 11.9. The number of ether oxygens (including phenoxy) is 2. The predicted molar refractivity (Wildman–Crippen MR) is 81.1 cm³/mol. The molecule has 106 valence electrons. The van der Waals surface area contributed by atoms with Crippen LogP contribution < -0.4 is 13.9 Å². The molecular formula is C16H18O3Se. The van der Waals surface area contributed by atoms with Crippen molar-refractivity contribution in [3.8, 4) is 11.5 Å². The summed E-state index contributed by atoms with van der Waals surface area (Å²) in [6.07, 6.45) is -0.433. The van der Waals surface area contributed by atoms with E-state index in [-0.39, 0.29) is 15.0 Å². The summed E-state index contributed by atoms with van der Waals surface area (Å²) in [5.74, 6) is 1.54. The maximum atomic E-state index is 9.94. The molecule has 3 nitrogen and oxygen atoms in total. The minimum absolute atomic E-state index is 0.282. The third kappa shape index (κ3) is 4.89. The van der Waals surface area contributed by atoms with E-state index in [2.05, 4.69) is 12.1 Å². The van der Waals surface area contributed by atoms with Crippen LogP contribution in [0.3, 0.4) is 0 Å². The molecule has 0 fully saturated rings. The Bertz CT molecular complexity index is 499. The molecule has 0 saturated heterocycles. The van der Waals surface area contributed by atoms with Crippen LogP contribution in [0.15, 0.2) is 54.6 Å². The molecule has 1 unspecified atom stereocenters. The van der Waals surface area contributed by atoms with Gasteiger partial charge in [0.25, 0.3) is 0 Å². The maximum absolute atomic E-state index is 9.94. The van der Waals surface area contributed by atoms with Gasteiger partial charge in [-0.1, -0.05) is 0 Å². The zero-order valence-electron chi connectivity index (χ0n) is 11.4. The van der Waals surface area contributed by atoms with Gasteiger partial charge in [-0.15, -0.1) is 0 Å². The van der Waals surface area contributed by atoms with Crippen molar-refractivity contribution < 1.29 is 14.6 Å². The van der Waals surface area contributed by atoms with Gasteiger partial charge in [-0.2, -0.15) is 0 Å². The molecule has 0 aliphatic carbocycles. The van der Waals surface area contributed by atoms with Gasteiger partial charge in [0.05, 0.1) is 0 Å². The van der Waals surface area contributed by atoms with Gasteiger partial charge in [0.2, 0.25) is 0 Å². The molecule has 1 atom stereocenters. The molecule has 4 heteroatoms. The molecule has 2 aromatic rings. The van der Waals surface area contributed by atoms with E-state index in [1.54, 1.807) is 7.11 Å². The molecule has 0 aromatic heterocycles. The van der Waals surface area contributed by atoms with Crippen molar-refractivity contribution in [2.45, 2.75) is 11.4 Å². The SMILES string of the molecule is COc1ccc(OCC(O)C[Se]c2ccccc2)cc1. The fourth-order valence-corrected chi connectivity index (χ4v) is 3.36. The second-order valence-corrected chi connectivity index (χ2v) is 6.56. The van der Waals surface area contributed by atoms with Crippen LogP contribution in [-0.4, -0.2) is 39.9 Å². The van der Waals surface area contributed by atoms with Crippen molar-refractivity contribution in [1.29, 1.82) is 0 Å². The Hall–Kier alpha value is -1.48. The van der Waals surface area contributed by atoms with Crippen LogP contribution in [-0.2, 0) is 0 Å². The Morgan fingerprint density at radius 2 is 1.65 bits per heavy atom. The molecular weight excluding hydrogens is 319 g/mol. The number of aliphatic hydroxyl groups is 1. The predicted octanol–water partition coefficient (Wildman–Crippen LogP) is 1.88. The van der Waals surface area contributed by atoms with Crippen LogP contribution in [0.4, 0.5) is 0 Å². The van der Waals surface area contributed by atoms with Crippen molar-refractivity contribution in [3.63, 3.8) is 0 Å². The first kappa shape index (κ1) is 14.9. The summed E-state index contributed by atoms with van der Waals surface area (Å²) < 4.78 is 11.9. The Labute approximate surface area is 125 Å². The van der Waals surface area contributed by atoms with Gasteiger partial charge in [-0.05, 0) is 0 Å². The summed E-state index contributed by atoms with van der Waals surface area (Å²) in [5.41, 5.74) is 0. The summed E-state index contributed by atoms with van der Waals surface area (Å²) in [6.45, 7) is 0.320. The summed E-state index contributed by atoms with van der Waals surface area (Å²) in [4.78, 5) is 0. The number of methoxy groups -OCH3 is 1. The summed E-state index contributed by atoms with van der Waals surface area (Å²) in [5, 5.41) is 10.7. The van der Waals surface area contributed by atoms with Crippen LogP contribution in [0.1, 0.15) is 0 Å². The zero-order valence-corrected chi connectivity index (χ0v) is 13.1. The van der Waals surface area contributed by atoms with E-state index in [0.717, 1.165) is 16.8 Å². The molecule has 0 heterocycles. The Morgan fingerprint density at radius 3 is 2.30 bits per heavy atom. The number of hydrogen-bond donors (Lipinski definition) is 1. The molecule has 1 N–H and O–H groups in total. The van der Waals surface area contributed by atoms with Gasteiger partial charge in [0.15, 0.2) is 0 Å². The van der Waals surface area contributed by atoms with E-state index in [4.69, 9.17) is 9.47 Å². The fraction of sp³-hybridized carbons (Fsp3) is 0.250. The van der Waals surface area contributed by atoms with Crippen molar-refractivity contribution in [3.05, 3.63) is 54.6 Å². The van der Waals surface area contributed by atoms with Gasteiger partial charge in [-0.3, -0.25) is 0 Å². The monoisotopic (exact) mass is 338 g/mol. The van der Waals surface area contributed by atoms with Crippen LogP contribution in [0.25, 0.3) is 0 Å². The molecule has 0 saturated carbocycles. The van der Waals surface area contributed by atoms with E-state index < -0.39 is 6.10 Å². The Balaban J connectivity index is 1.73.